The van der Waals surface area contributed by atoms with Crippen molar-refractivity contribution in [3.05, 3.63) is 29.0 Å². The average molecular weight is 243 g/mol. The van der Waals surface area contributed by atoms with Crippen LogP contribution in [-0.4, -0.2) is 26.8 Å². The number of hydrogen-bond donors (Lipinski definition) is 1. The number of nitrogens with one attached hydrogen (secondary N) is 1. The number of rotatable bonds is 1. The van der Waals surface area contributed by atoms with Gasteiger partial charge in [0.1, 0.15) is 0 Å². The molecule has 12 heavy (non-hydrogen) atoms. The maximum absolute atomic E-state index is 5.95. The molecule has 0 spiro atoms. The Kier molecular flexibility index (Phi) is 2.12. The van der Waals surface area contributed by atoms with Gasteiger partial charge in [0.2, 0.25) is 0 Å². The second-order valence-electron chi connectivity index (χ2n) is 2.52. The van der Waals surface area contributed by atoms with E-state index in [2.05, 4.69) is 9.97 Å². The summed E-state index contributed by atoms with van der Waals surface area (Å²) in [7, 11) is 0. The fraction of sp³-hybridized carbons (Fsp3) is 0.125. The van der Waals surface area contributed by atoms with E-state index in [1.54, 1.807) is 16.9 Å². The Morgan fingerprint density at radius 3 is 3.00 bits per heavy atom. The molecule has 1 aromatic heterocycles. The zero-order valence-electron chi connectivity index (χ0n) is 6.34. The van der Waals surface area contributed by atoms with Gasteiger partial charge < -0.3 is 0 Å². The second-order valence-corrected chi connectivity index (χ2v) is 3.79. The van der Waals surface area contributed by atoms with Crippen LogP contribution in [0.1, 0.15) is 5.82 Å². The van der Waals surface area contributed by atoms with Crippen LogP contribution in [0, 0.1) is 0 Å². The van der Waals surface area contributed by atoms with Gasteiger partial charge in [-0.25, -0.2) is 0 Å². The van der Waals surface area contributed by atoms with E-state index < -0.39 is 0 Å². The molecule has 0 fully saturated rings. The predicted molar refractivity (Wildman–Crippen MR) is 53.4 cm³/mol. The number of fused-ring (bicyclic) bond motifs is 1. The predicted octanol–water partition coefficient (Wildman–Crippen LogP) is 1.35. The number of halogens is 1. The van der Waals surface area contributed by atoms with Crippen molar-refractivity contribution in [2.24, 2.45) is 0 Å². The summed E-state index contributed by atoms with van der Waals surface area (Å²) in [4.78, 5) is 7.56. The van der Waals surface area contributed by atoms with Crippen LogP contribution in [-0.2, 0) is 5.21 Å². The maximum atomic E-state index is 5.95. The summed E-state index contributed by atoms with van der Waals surface area (Å²) in [6, 6.07) is 5.77. The number of aromatic amines is 1. The van der Waals surface area contributed by atoms with Crippen LogP contribution in [0.25, 0.3) is 11.0 Å². The van der Waals surface area contributed by atoms with Crippen LogP contribution in [0.4, 0.5) is 0 Å². The SMILES string of the molecule is Clc1cccc2[nH]c(C[AsH2])nc12. The number of nitrogens with zero attached hydrogens (tertiary/aromatic N) is 1. The number of para-hydroxylation sites is 1. The number of benzene rings is 1. The van der Waals surface area contributed by atoms with Crippen molar-refractivity contribution in [1.82, 2.24) is 9.97 Å². The molecule has 1 unspecified atom stereocenters. The van der Waals surface area contributed by atoms with Gasteiger partial charge in [0.05, 0.1) is 0 Å². The zero-order valence-corrected chi connectivity index (χ0v) is 9.52. The molecule has 0 bridgehead atoms. The molecule has 4 heteroatoms. The summed E-state index contributed by atoms with van der Waals surface area (Å²) in [5.41, 5.74) is 1.90. The summed E-state index contributed by atoms with van der Waals surface area (Å²) in [5, 5.41) is 1.69. The van der Waals surface area contributed by atoms with E-state index in [1.807, 2.05) is 18.2 Å². The molecule has 0 aliphatic heterocycles. The fourth-order valence-corrected chi connectivity index (χ4v) is 1.77. The molecule has 0 aliphatic carbocycles. The number of H-pyrrole nitrogens is 1. The van der Waals surface area contributed by atoms with Gasteiger partial charge in [0.15, 0.2) is 0 Å². The molecule has 0 aliphatic rings. The third kappa shape index (κ3) is 1.26. The summed E-state index contributed by atoms with van der Waals surface area (Å²) in [6.07, 6.45) is 0. The van der Waals surface area contributed by atoms with Crippen LogP contribution in [0.2, 0.25) is 5.02 Å². The quantitative estimate of drug-likeness (QED) is 0.752. The summed E-state index contributed by atoms with van der Waals surface area (Å²) < 4.78 is 0. The minimum atomic E-state index is 0.718. The first-order valence-electron chi connectivity index (χ1n) is 3.64. The average Bonchev–Trinajstić information content (AvgIpc) is 2.49. The van der Waals surface area contributed by atoms with Crippen molar-refractivity contribution >= 4 is 39.5 Å². The molecule has 0 radical (unpaired) electrons. The number of aromatic nitrogens is 2. The molecule has 2 nitrogen and oxygen atoms in total. The van der Waals surface area contributed by atoms with Gasteiger partial charge in [-0.1, -0.05) is 0 Å². The van der Waals surface area contributed by atoms with Crippen LogP contribution < -0.4 is 0 Å². The van der Waals surface area contributed by atoms with E-state index in [4.69, 9.17) is 11.6 Å². The first-order valence-corrected chi connectivity index (χ1v) is 5.73. The molecule has 0 amide bonds. The Balaban J connectivity index is 2.74. The molecule has 2 aromatic rings. The normalized spacial score (nSPS) is 10.8. The third-order valence-corrected chi connectivity index (χ3v) is 2.82. The number of hydrogen-bond acceptors (Lipinski definition) is 1. The monoisotopic (exact) mass is 242 g/mol. The van der Waals surface area contributed by atoms with Crippen LogP contribution in [0.15, 0.2) is 18.2 Å². The molecular formula is C8H8AsClN2. The Hall–Kier alpha value is -0.462. The van der Waals surface area contributed by atoms with Gasteiger partial charge in [0, 0.05) is 0 Å². The van der Waals surface area contributed by atoms with E-state index in [0.717, 1.165) is 27.1 Å². The molecular weight excluding hydrogens is 234 g/mol. The van der Waals surface area contributed by atoms with Gasteiger partial charge in [-0.2, -0.15) is 0 Å². The Bertz CT molecular complexity index is 410. The van der Waals surface area contributed by atoms with Gasteiger partial charge in [-0.05, 0) is 0 Å². The topological polar surface area (TPSA) is 28.7 Å². The van der Waals surface area contributed by atoms with Crippen molar-refractivity contribution in [3.8, 4) is 0 Å². The van der Waals surface area contributed by atoms with E-state index in [1.165, 1.54) is 0 Å². The third-order valence-electron chi connectivity index (χ3n) is 1.71. The molecule has 0 saturated heterocycles. The van der Waals surface area contributed by atoms with Crippen LogP contribution in [0.3, 0.4) is 0 Å². The van der Waals surface area contributed by atoms with E-state index in [-0.39, 0.29) is 0 Å². The molecule has 1 aromatic carbocycles. The second kappa shape index (κ2) is 3.12. The fourth-order valence-electron chi connectivity index (χ4n) is 1.14. The van der Waals surface area contributed by atoms with E-state index >= 15 is 0 Å². The van der Waals surface area contributed by atoms with Crippen molar-refractivity contribution < 1.29 is 0 Å². The van der Waals surface area contributed by atoms with Gasteiger partial charge >= 0.3 is 83.7 Å². The van der Waals surface area contributed by atoms with Gasteiger partial charge in [-0.15, -0.1) is 0 Å². The Labute approximate surface area is 83.8 Å². The molecule has 0 saturated carbocycles. The van der Waals surface area contributed by atoms with E-state index in [9.17, 15) is 0 Å². The van der Waals surface area contributed by atoms with Crippen molar-refractivity contribution in [3.63, 3.8) is 0 Å². The molecule has 1 N–H and O–H groups in total. The van der Waals surface area contributed by atoms with Crippen molar-refractivity contribution in [2.45, 2.75) is 5.21 Å². The number of imidazole rings is 1. The van der Waals surface area contributed by atoms with Crippen LogP contribution >= 0.6 is 11.6 Å². The zero-order chi connectivity index (χ0) is 8.55. The molecule has 62 valence electrons. The molecule has 1 heterocycles. The summed E-state index contributed by atoms with van der Waals surface area (Å²) in [6.45, 7) is 0. The molecule has 1 atom stereocenters. The van der Waals surface area contributed by atoms with Crippen LogP contribution in [0.5, 0.6) is 0 Å². The van der Waals surface area contributed by atoms with Gasteiger partial charge in [-0.3, -0.25) is 0 Å². The Morgan fingerprint density at radius 2 is 2.33 bits per heavy atom. The minimum absolute atomic E-state index is 0.718. The molecule has 2 rings (SSSR count). The standard InChI is InChI=1S/C8H8AsClN2/c9-4-7-11-6-3-1-2-5(10)8(6)12-7/h1-3H,4,9H2,(H,11,12). The first kappa shape index (κ1) is 8.15. The summed E-state index contributed by atoms with van der Waals surface area (Å²) >= 11 is 7.59. The summed E-state index contributed by atoms with van der Waals surface area (Å²) in [5.74, 6) is 1.01. The van der Waals surface area contributed by atoms with Crippen molar-refractivity contribution in [2.75, 3.05) is 0 Å². The first-order chi connectivity index (χ1) is 5.81. The van der Waals surface area contributed by atoms with Crippen molar-refractivity contribution in [1.29, 1.82) is 0 Å². The van der Waals surface area contributed by atoms with E-state index in [0.29, 0.717) is 0 Å². The Morgan fingerprint density at radius 1 is 1.50 bits per heavy atom. The van der Waals surface area contributed by atoms with Gasteiger partial charge in [0.25, 0.3) is 0 Å².